The summed E-state index contributed by atoms with van der Waals surface area (Å²) in [5.41, 5.74) is 0.495. The molecule has 1 aromatic carbocycles. The van der Waals surface area contributed by atoms with E-state index in [0.29, 0.717) is 18.4 Å². The van der Waals surface area contributed by atoms with Crippen molar-refractivity contribution in [1.29, 1.82) is 0 Å². The lowest BCUT2D eigenvalue weighted by Crippen LogP contribution is -1.91. The van der Waals surface area contributed by atoms with E-state index in [1.165, 1.54) is 6.07 Å². The van der Waals surface area contributed by atoms with E-state index in [4.69, 9.17) is 11.6 Å². The molecule has 0 amide bonds. The quantitative estimate of drug-likeness (QED) is 0.664. The summed E-state index contributed by atoms with van der Waals surface area (Å²) in [7, 11) is 0. The molecule has 0 saturated carbocycles. The first-order valence-electron chi connectivity index (χ1n) is 3.62. The Labute approximate surface area is 75.2 Å². The monoisotopic (exact) mass is 186 g/mol. The average Bonchev–Trinajstić information content (AvgIpc) is 2.08. The number of hydrogen-bond acceptors (Lipinski definition) is 1. The molecule has 1 aromatic rings. The molecule has 0 saturated heterocycles. The van der Waals surface area contributed by atoms with Gasteiger partial charge in [-0.05, 0) is 18.1 Å². The first-order chi connectivity index (χ1) is 5.75. The molecule has 0 bridgehead atoms. The fraction of sp³-hybridized carbons (Fsp3) is 0.222. The molecule has 0 aromatic heterocycles. The van der Waals surface area contributed by atoms with Gasteiger partial charge in [-0.3, -0.25) is 0 Å². The molecule has 0 atom stereocenters. The third-order valence-electron chi connectivity index (χ3n) is 1.56. The third-order valence-corrected chi connectivity index (χ3v) is 1.86. The molecule has 1 rings (SSSR count). The fourth-order valence-corrected chi connectivity index (χ4v) is 1.15. The second-order valence-corrected chi connectivity index (χ2v) is 2.83. The van der Waals surface area contributed by atoms with Crippen LogP contribution in [0.25, 0.3) is 0 Å². The van der Waals surface area contributed by atoms with Crippen LogP contribution in [0.4, 0.5) is 4.39 Å². The van der Waals surface area contributed by atoms with Gasteiger partial charge in [0.15, 0.2) is 0 Å². The van der Waals surface area contributed by atoms with Gasteiger partial charge in [-0.25, -0.2) is 4.39 Å². The van der Waals surface area contributed by atoms with Crippen molar-refractivity contribution in [1.82, 2.24) is 0 Å². The minimum absolute atomic E-state index is 0.110. The maximum absolute atomic E-state index is 13.1. The maximum Gasteiger partial charge on any atom is 0.144 e. The first kappa shape index (κ1) is 9.20. The molecule has 0 radical (unpaired) electrons. The predicted molar refractivity (Wildman–Crippen MR) is 45.8 cm³/mol. The van der Waals surface area contributed by atoms with E-state index in [9.17, 15) is 9.18 Å². The Morgan fingerprint density at radius 3 is 2.92 bits per heavy atom. The fourth-order valence-electron chi connectivity index (χ4n) is 0.956. The second kappa shape index (κ2) is 4.21. The minimum Gasteiger partial charge on any atom is -0.303 e. The second-order valence-electron chi connectivity index (χ2n) is 2.42. The molecule has 0 aliphatic carbocycles. The zero-order valence-electron chi connectivity index (χ0n) is 6.39. The number of halogens is 2. The number of rotatable bonds is 3. The summed E-state index contributed by atoms with van der Waals surface area (Å²) in [5.74, 6) is -0.416. The smallest absolute Gasteiger partial charge is 0.144 e. The summed E-state index contributed by atoms with van der Waals surface area (Å²) in [5, 5.41) is 0.110. The Bertz CT molecular complexity index is 286. The molecular formula is C9H8ClFO. The van der Waals surface area contributed by atoms with Crippen molar-refractivity contribution in [2.75, 3.05) is 0 Å². The molecular weight excluding hydrogens is 179 g/mol. The topological polar surface area (TPSA) is 17.1 Å². The van der Waals surface area contributed by atoms with E-state index in [-0.39, 0.29) is 5.02 Å². The van der Waals surface area contributed by atoms with E-state index in [2.05, 4.69) is 0 Å². The molecule has 0 aliphatic rings. The summed E-state index contributed by atoms with van der Waals surface area (Å²) in [6.45, 7) is 0. The van der Waals surface area contributed by atoms with Crippen molar-refractivity contribution in [2.45, 2.75) is 12.8 Å². The van der Waals surface area contributed by atoms with Crippen LogP contribution in [-0.4, -0.2) is 6.29 Å². The van der Waals surface area contributed by atoms with Crippen LogP contribution in [0, 0.1) is 5.82 Å². The van der Waals surface area contributed by atoms with Crippen LogP contribution in [0.2, 0.25) is 5.02 Å². The summed E-state index contributed by atoms with van der Waals surface area (Å²) in [6.07, 6.45) is 1.51. The molecule has 0 unspecified atom stereocenters. The summed E-state index contributed by atoms with van der Waals surface area (Å²) >= 11 is 5.53. The number of aryl methyl sites for hydroxylation is 1. The lowest BCUT2D eigenvalue weighted by molar-refractivity contribution is -0.107. The average molecular weight is 187 g/mol. The molecule has 1 nitrogen and oxygen atoms in total. The number of benzene rings is 1. The maximum atomic E-state index is 13.1. The largest absolute Gasteiger partial charge is 0.303 e. The minimum atomic E-state index is -0.416. The SMILES string of the molecule is O=CCCc1cccc(Cl)c1F. The van der Waals surface area contributed by atoms with Crippen molar-refractivity contribution < 1.29 is 9.18 Å². The molecule has 0 heterocycles. The normalized spacial score (nSPS) is 9.83. The van der Waals surface area contributed by atoms with E-state index in [1.54, 1.807) is 12.1 Å². The van der Waals surface area contributed by atoms with Crippen molar-refractivity contribution in [3.63, 3.8) is 0 Å². The highest BCUT2D eigenvalue weighted by Crippen LogP contribution is 2.18. The van der Waals surface area contributed by atoms with E-state index < -0.39 is 5.82 Å². The number of carbonyl (C=O) groups is 1. The number of aldehydes is 1. The van der Waals surface area contributed by atoms with Crippen molar-refractivity contribution in [3.05, 3.63) is 34.6 Å². The van der Waals surface area contributed by atoms with Crippen molar-refractivity contribution in [3.8, 4) is 0 Å². The standard InChI is InChI=1S/C9H8ClFO/c10-8-5-1-3-7(9(8)11)4-2-6-12/h1,3,5-6H,2,4H2. The van der Waals surface area contributed by atoms with Gasteiger partial charge in [0, 0.05) is 6.42 Å². The lowest BCUT2D eigenvalue weighted by Gasteiger charge is -2.00. The molecule has 0 aliphatic heterocycles. The summed E-state index contributed by atoms with van der Waals surface area (Å²) in [4.78, 5) is 10.0. The zero-order valence-corrected chi connectivity index (χ0v) is 7.14. The molecule has 12 heavy (non-hydrogen) atoms. The van der Waals surface area contributed by atoms with Crippen LogP contribution in [-0.2, 0) is 11.2 Å². The lowest BCUT2D eigenvalue weighted by atomic mass is 10.1. The van der Waals surface area contributed by atoms with Crippen molar-refractivity contribution in [2.24, 2.45) is 0 Å². The highest BCUT2D eigenvalue weighted by Gasteiger charge is 2.04. The van der Waals surface area contributed by atoms with Gasteiger partial charge in [-0.2, -0.15) is 0 Å². The van der Waals surface area contributed by atoms with Gasteiger partial charge in [0.25, 0.3) is 0 Å². The third kappa shape index (κ3) is 2.05. The highest BCUT2D eigenvalue weighted by atomic mass is 35.5. The van der Waals surface area contributed by atoms with Gasteiger partial charge in [-0.1, -0.05) is 23.7 Å². The Kier molecular flexibility index (Phi) is 3.23. The Balaban J connectivity index is 2.84. The Morgan fingerprint density at radius 2 is 2.25 bits per heavy atom. The van der Waals surface area contributed by atoms with Gasteiger partial charge in [0.05, 0.1) is 5.02 Å². The van der Waals surface area contributed by atoms with Crippen LogP contribution >= 0.6 is 11.6 Å². The first-order valence-corrected chi connectivity index (χ1v) is 4.00. The van der Waals surface area contributed by atoms with Crippen LogP contribution in [0.1, 0.15) is 12.0 Å². The summed E-state index contributed by atoms with van der Waals surface area (Å²) < 4.78 is 13.1. The van der Waals surface area contributed by atoms with Gasteiger partial charge in [0.2, 0.25) is 0 Å². The number of carbonyl (C=O) groups excluding carboxylic acids is 1. The highest BCUT2D eigenvalue weighted by molar-refractivity contribution is 6.30. The van der Waals surface area contributed by atoms with Crippen LogP contribution in [0.3, 0.4) is 0 Å². The Morgan fingerprint density at radius 1 is 1.50 bits per heavy atom. The van der Waals surface area contributed by atoms with Crippen LogP contribution in [0.5, 0.6) is 0 Å². The van der Waals surface area contributed by atoms with E-state index in [0.717, 1.165) is 6.29 Å². The van der Waals surface area contributed by atoms with Crippen LogP contribution < -0.4 is 0 Å². The molecule has 0 spiro atoms. The van der Waals surface area contributed by atoms with E-state index >= 15 is 0 Å². The molecule has 3 heteroatoms. The van der Waals surface area contributed by atoms with Gasteiger partial charge in [-0.15, -0.1) is 0 Å². The molecule has 64 valence electrons. The number of hydrogen-bond donors (Lipinski definition) is 0. The van der Waals surface area contributed by atoms with Gasteiger partial charge >= 0.3 is 0 Å². The molecule has 0 N–H and O–H groups in total. The molecule has 0 fully saturated rings. The van der Waals surface area contributed by atoms with Gasteiger partial charge in [0.1, 0.15) is 12.1 Å². The van der Waals surface area contributed by atoms with Crippen LogP contribution in [0.15, 0.2) is 18.2 Å². The Hall–Kier alpha value is -0.890. The summed E-state index contributed by atoms with van der Waals surface area (Å²) in [6, 6.07) is 4.79. The van der Waals surface area contributed by atoms with Gasteiger partial charge < -0.3 is 4.79 Å². The van der Waals surface area contributed by atoms with Crippen molar-refractivity contribution >= 4 is 17.9 Å². The zero-order chi connectivity index (χ0) is 8.97. The van der Waals surface area contributed by atoms with E-state index in [1.807, 2.05) is 0 Å². The predicted octanol–water partition coefficient (Wildman–Crippen LogP) is 2.61.